The Bertz CT molecular complexity index is 1100. The van der Waals surface area contributed by atoms with Crippen LogP contribution >= 0.6 is 0 Å². The zero-order chi connectivity index (χ0) is 19.3. The fraction of sp³-hybridized carbons (Fsp3) is 0.0870. The molecule has 0 unspecified atom stereocenters. The highest BCUT2D eigenvalue weighted by atomic mass is 16.5. The van der Waals surface area contributed by atoms with Gasteiger partial charge in [-0.05, 0) is 48.0 Å². The SMILES string of the molecule is COc1ccc2[nH]c(O)c(C=Nc3ccc(OCc4ccccc4)cc3)c2c1. The Morgan fingerprint density at radius 3 is 2.46 bits per heavy atom. The zero-order valence-electron chi connectivity index (χ0n) is 15.4. The van der Waals surface area contributed by atoms with Crippen molar-refractivity contribution in [1.82, 2.24) is 4.98 Å². The lowest BCUT2D eigenvalue weighted by Crippen LogP contribution is -1.94. The molecule has 1 aromatic heterocycles. The first-order valence-electron chi connectivity index (χ1n) is 8.92. The van der Waals surface area contributed by atoms with E-state index in [0.717, 1.165) is 33.7 Å². The molecule has 0 aliphatic heterocycles. The molecule has 0 amide bonds. The molecule has 140 valence electrons. The van der Waals surface area contributed by atoms with E-state index in [1.165, 1.54) is 0 Å². The largest absolute Gasteiger partial charge is 0.497 e. The van der Waals surface area contributed by atoms with E-state index in [9.17, 15) is 5.11 Å². The summed E-state index contributed by atoms with van der Waals surface area (Å²) in [5, 5.41) is 11.0. The van der Waals surface area contributed by atoms with Gasteiger partial charge < -0.3 is 19.6 Å². The molecule has 28 heavy (non-hydrogen) atoms. The van der Waals surface area contributed by atoms with E-state index in [2.05, 4.69) is 9.98 Å². The van der Waals surface area contributed by atoms with E-state index < -0.39 is 0 Å². The van der Waals surface area contributed by atoms with Gasteiger partial charge in [0.25, 0.3) is 0 Å². The van der Waals surface area contributed by atoms with E-state index in [4.69, 9.17) is 9.47 Å². The number of benzene rings is 3. The van der Waals surface area contributed by atoms with Crippen LogP contribution in [0.3, 0.4) is 0 Å². The first-order valence-corrected chi connectivity index (χ1v) is 8.92. The number of rotatable bonds is 6. The molecule has 0 radical (unpaired) electrons. The van der Waals surface area contributed by atoms with Crippen molar-refractivity contribution in [3.05, 3.63) is 83.9 Å². The summed E-state index contributed by atoms with van der Waals surface area (Å²) in [5.41, 5.74) is 3.33. The number of methoxy groups -OCH3 is 1. The van der Waals surface area contributed by atoms with Crippen molar-refractivity contribution < 1.29 is 14.6 Å². The summed E-state index contributed by atoms with van der Waals surface area (Å²) in [6, 6.07) is 23.1. The highest BCUT2D eigenvalue weighted by Gasteiger charge is 2.09. The average Bonchev–Trinajstić information content (AvgIpc) is 3.06. The topological polar surface area (TPSA) is 66.8 Å². The predicted octanol–water partition coefficient (Wildman–Crippen LogP) is 5.21. The van der Waals surface area contributed by atoms with Crippen molar-refractivity contribution in [2.24, 2.45) is 4.99 Å². The van der Waals surface area contributed by atoms with Crippen LogP contribution < -0.4 is 9.47 Å². The number of fused-ring (bicyclic) bond motifs is 1. The molecule has 0 aliphatic carbocycles. The van der Waals surface area contributed by atoms with Crippen molar-refractivity contribution >= 4 is 22.8 Å². The minimum absolute atomic E-state index is 0.0785. The normalized spacial score (nSPS) is 11.2. The van der Waals surface area contributed by atoms with Crippen LogP contribution in [0.4, 0.5) is 5.69 Å². The summed E-state index contributed by atoms with van der Waals surface area (Å²) in [5.74, 6) is 1.58. The van der Waals surface area contributed by atoms with E-state index in [0.29, 0.717) is 12.2 Å². The van der Waals surface area contributed by atoms with Gasteiger partial charge in [0.15, 0.2) is 5.88 Å². The summed E-state index contributed by atoms with van der Waals surface area (Å²) < 4.78 is 11.1. The van der Waals surface area contributed by atoms with Gasteiger partial charge in [-0.25, -0.2) is 0 Å². The van der Waals surface area contributed by atoms with Gasteiger partial charge in [-0.15, -0.1) is 0 Å². The predicted molar refractivity (Wildman–Crippen MR) is 111 cm³/mol. The Balaban J connectivity index is 1.49. The first-order chi connectivity index (χ1) is 13.7. The molecule has 0 atom stereocenters. The maximum atomic E-state index is 10.2. The average molecular weight is 372 g/mol. The third-order valence-corrected chi connectivity index (χ3v) is 4.45. The van der Waals surface area contributed by atoms with Crippen molar-refractivity contribution in [2.45, 2.75) is 6.61 Å². The van der Waals surface area contributed by atoms with Crippen molar-refractivity contribution in [1.29, 1.82) is 0 Å². The molecular weight excluding hydrogens is 352 g/mol. The second-order valence-electron chi connectivity index (χ2n) is 6.33. The van der Waals surface area contributed by atoms with E-state index in [1.54, 1.807) is 13.3 Å². The van der Waals surface area contributed by atoms with Crippen LogP contribution in [0.15, 0.2) is 77.8 Å². The Morgan fingerprint density at radius 2 is 1.71 bits per heavy atom. The summed E-state index contributed by atoms with van der Waals surface area (Å²) in [4.78, 5) is 7.42. The molecule has 2 N–H and O–H groups in total. The maximum absolute atomic E-state index is 10.2. The van der Waals surface area contributed by atoms with Gasteiger partial charge in [0.1, 0.15) is 18.1 Å². The van der Waals surface area contributed by atoms with Gasteiger partial charge in [0.2, 0.25) is 0 Å². The van der Waals surface area contributed by atoms with Gasteiger partial charge in [0, 0.05) is 17.1 Å². The van der Waals surface area contributed by atoms with E-state index >= 15 is 0 Å². The lowest BCUT2D eigenvalue weighted by atomic mass is 10.1. The minimum atomic E-state index is 0.0785. The molecule has 0 spiro atoms. The monoisotopic (exact) mass is 372 g/mol. The van der Waals surface area contributed by atoms with Crippen LogP contribution in [0.1, 0.15) is 11.1 Å². The number of H-pyrrole nitrogens is 1. The third kappa shape index (κ3) is 3.83. The Morgan fingerprint density at radius 1 is 0.964 bits per heavy atom. The second-order valence-corrected chi connectivity index (χ2v) is 6.33. The maximum Gasteiger partial charge on any atom is 0.198 e. The van der Waals surface area contributed by atoms with Crippen LogP contribution in [-0.2, 0) is 6.61 Å². The molecule has 5 nitrogen and oxygen atoms in total. The standard InChI is InChI=1S/C23H20N2O3/c1-27-19-11-12-22-20(13-19)21(23(26)25-22)14-24-17-7-9-18(10-8-17)28-15-16-5-3-2-4-6-16/h2-14,25-26H,15H2,1H3. The quantitative estimate of drug-likeness (QED) is 0.457. The molecule has 4 aromatic rings. The first kappa shape index (κ1) is 17.7. The zero-order valence-corrected chi connectivity index (χ0v) is 15.4. The smallest absolute Gasteiger partial charge is 0.198 e. The lowest BCUT2D eigenvalue weighted by Gasteiger charge is -2.06. The Labute approximate surface area is 162 Å². The van der Waals surface area contributed by atoms with Gasteiger partial charge in [0.05, 0.1) is 18.4 Å². The van der Waals surface area contributed by atoms with E-state index in [-0.39, 0.29) is 5.88 Å². The Hall–Kier alpha value is -3.73. The number of aliphatic imine (C=N–C) groups is 1. The fourth-order valence-corrected chi connectivity index (χ4v) is 2.94. The summed E-state index contributed by atoms with van der Waals surface area (Å²) >= 11 is 0. The molecule has 4 rings (SSSR count). The van der Waals surface area contributed by atoms with Gasteiger partial charge in [-0.1, -0.05) is 30.3 Å². The summed E-state index contributed by atoms with van der Waals surface area (Å²) in [7, 11) is 1.61. The number of hydrogen-bond acceptors (Lipinski definition) is 4. The van der Waals surface area contributed by atoms with Crippen LogP contribution in [0.2, 0.25) is 0 Å². The summed E-state index contributed by atoms with van der Waals surface area (Å²) in [6.45, 7) is 0.522. The number of aromatic hydroxyl groups is 1. The van der Waals surface area contributed by atoms with Crippen LogP contribution in [0.25, 0.3) is 10.9 Å². The number of aromatic amines is 1. The van der Waals surface area contributed by atoms with Crippen LogP contribution in [-0.4, -0.2) is 23.4 Å². The molecule has 0 bridgehead atoms. The summed E-state index contributed by atoms with van der Waals surface area (Å²) in [6.07, 6.45) is 1.65. The molecule has 0 fully saturated rings. The molecule has 0 saturated heterocycles. The van der Waals surface area contributed by atoms with Crippen LogP contribution in [0.5, 0.6) is 17.4 Å². The fourth-order valence-electron chi connectivity index (χ4n) is 2.94. The Kier molecular flexibility index (Phi) is 4.97. The highest BCUT2D eigenvalue weighted by Crippen LogP contribution is 2.29. The van der Waals surface area contributed by atoms with Gasteiger partial charge in [-0.2, -0.15) is 0 Å². The number of ether oxygens (including phenoxy) is 2. The number of nitrogens with zero attached hydrogens (tertiary/aromatic N) is 1. The molecule has 0 aliphatic rings. The third-order valence-electron chi connectivity index (χ3n) is 4.45. The number of hydrogen-bond donors (Lipinski definition) is 2. The minimum Gasteiger partial charge on any atom is -0.497 e. The number of aromatic nitrogens is 1. The van der Waals surface area contributed by atoms with Crippen molar-refractivity contribution in [2.75, 3.05) is 7.11 Å². The van der Waals surface area contributed by atoms with Crippen LogP contribution in [0, 0.1) is 0 Å². The van der Waals surface area contributed by atoms with Gasteiger partial charge >= 0.3 is 0 Å². The van der Waals surface area contributed by atoms with E-state index in [1.807, 2.05) is 72.8 Å². The second kappa shape index (κ2) is 7.88. The molecular formula is C23H20N2O3. The lowest BCUT2D eigenvalue weighted by molar-refractivity contribution is 0.306. The molecule has 0 saturated carbocycles. The molecule has 1 heterocycles. The van der Waals surface area contributed by atoms with Crippen molar-refractivity contribution in [3.63, 3.8) is 0 Å². The molecule has 5 heteroatoms. The highest BCUT2D eigenvalue weighted by molar-refractivity contribution is 6.03. The molecule has 3 aromatic carbocycles. The number of nitrogens with one attached hydrogen (secondary N) is 1. The van der Waals surface area contributed by atoms with Gasteiger partial charge in [-0.3, -0.25) is 4.99 Å². The van der Waals surface area contributed by atoms with Crippen molar-refractivity contribution in [3.8, 4) is 17.4 Å².